The molecule has 0 aromatic heterocycles. The number of nitrogens with zero attached hydrogens (tertiary/aromatic N) is 3. The maximum atomic E-state index is 13.8. The van der Waals surface area contributed by atoms with Gasteiger partial charge in [0.25, 0.3) is 0 Å². The number of likely N-dealkylation sites (N-methyl/N-ethyl adjacent to an activating group) is 1. The maximum Gasteiger partial charge on any atom is 0.235 e. The first kappa shape index (κ1) is 23.7. The summed E-state index contributed by atoms with van der Waals surface area (Å²) in [5, 5.41) is 9.86. The van der Waals surface area contributed by atoms with Gasteiger partial charge in [-0.3, -0.25) is 4.79 Å². The smallest absolute Gasteiger partial charge is 0.235 e. The van der Waals surface area contributed by atoms with E-state index in [0.717, 1.165) is 36.1 Å². The fourth-order valence-corrected chi connectivity index (χ4v) is 4.80. The van der Waals surface area contributed by atoms with E-state index in [1.54, 1.807) is 4.90 Å². The van der Waals surface area contributed by atoms with Gasteiger partial charge in [-0.2, -0.15) is 5.26 Å². The van der Waals surface area contributed by atoms with Gasteiger partial charge in [0.15, 0.2) is 0 Å². The third kappa shape index (κ3) is 5.52. The van der Waals surface area contributed by atoms with Crippen molar-refractivity contribution in [3.8, 4) is 6.07 Å². The molecule has 3 aromatic carbocycles. The number of nitriles is 1. The number of hydrogen-bond donors (Lipinski definition) is 0. The van der Waals surface area contributed by atoms with Gasteiger partial charge >= 0.3 is 0 Å². The summed E-state index contributed by atoms with van der Waals surface area (Å²) in [5.41, 5.74) is 2.99. The third-order valence-corrected chi connectivity index (χ3v) is 6.74. The molecular weight excluding hydrogens is 425 g/mol. The van der Waals surface area contributed by atoms with Gasteiger partial charge in [-0.15, -0.1) is 0 Å². The number of benzene rings is 3. The van der Waals surface area contributed by atoms with E-state index in [9.17, 15) is 14.4 Å². The molecule has 1 aliphatic heterocycles. The summed E-state index contributed by atoms with van der Waals surface area (Å²) in [6, 6.07) is 28.3. The molecule has 1 heterocycles. The average Bonchev–Trinajstić information content (AvgIpc) is 3.31. The molecule has 1 amide bonds. The minimum atomic E-state index is -0.438. The Kier molecular flexibility index (Phi) is 7.72. The van der Waals surface area contributed by atoms with Crippen molar-refractivity contribution in [3.63, 3.8) is 0 Å². The fraction of sp³-hybridized carbons (Fsp3) is 0.310. The van der Waals surface area contributed by atoms with Crippen molar-refractivity contribution >= 4 is 5.91 Å². The molecule has 0 unspecified atom stereocenters. The summed E-state index contributed by atoms with van der Waals surface area (Å²) in [4.78, 5) is 17.9. The lowest BCUT2D eigenvalue weighted by molar-refractivity contribution is -0.132. The van der Waals surface area contributed by atoms with Crippen molar-refractivity contribution in [3.05, 3.63) is 107 Å². The Balaban J connectivity index is 1.45. The van der Waals surface area contributed by atoms with E-state index in [0.29, 0.717) is 13.0 Å². The van der Waals surface area contributed by atoms with Crippen LogP contribution in [0.15, 0.2) is 84.9 Å². The highest BCUT2D eigenvalue weighted by Crippen LogP contribution is 2.31. The van der Waals surface area contributed by atoms with Gasteiger partial charge in [0, 0.05) is 12.6 Å². The molecule has 4 nitrogen and oxygen atoms in total. The minimum Gasteiger partial charge on any atom is -0.324 e. The van der Waals surface area contributed by atoms with Crippen LogP contribution < -0.4 is 0 Å². The first-order chi connectivity index (χ1) is 16.6. The standard InChI is InChI=1S/C29H30FN3O/c1-32(18-8-9-22-14-16-25(30)17-15-22)27-19-26(20-31)33(21-27)29(34)28(23-10-4-2-5-11-23)24-12-6-3-7-13-24/h2-7,10-17,26-28H,8-9,18-19,21H2,1H3/t26-,27-/m1/s1. The van der Waals surface area contributed by atoms with E-state index < -0.39 is 12.0 Å². The van der Waals surface area contributed by atoms with E-state index in [-0.39, 0.29) is 17.8 Å². The topological polar surface area (TPSA) is 47.3 Å². The molecule has 0 N–H and O–H groups in total. The molecule has 174 valence electrons. The van der Waals surface area contributed by atoms with Gasteiger partial charge in [-0.1, -0.05) is 72.8 Å². The number of hydrogen-bond acceptors (Lipinski definition) is 3. The molecule has 0 radical (unpaired) electrons. The Labute approximate surface area is 201 Å². The van der Waals surface area contributed by atoms with Crippen molar-refractivity contribution < 1.29 is 9.18 Å². The monoisotopic (exact) mass is 455 g/mol. The van der Waals surface area contributed by atoms with Gasteiger partial charge in [0.2, 0.25) is 5.91 Å². The lowest BCUT2D eigenvalue weighted by Crippen LogP contribution is -2.41. The lowest BCUT2D eigenvalue weighted by Gasteiger charge is -2.28. The van der Waals surface area contributed by atoms with Gasteiger partial charge in [-0.25, -0.2) is 4.39 Å². The van der Waals surface area contributed by atoms with Crippen LogP contribution in [-0.4, -0.2) is 47.9 Å². The molecule has 4 rings (SSSR count). The van der Waals surface area contributed by atoms with Crippen LogP contribution in [0.1, 0.15) is 35.4 Å². The van der Waals surface area contributed by atoms with E-state index in [4.69, 9.17) is 0 Å². The summed E-state index contributed by atoms with van der Waals surface area (Å²) < 4.78 is 13.1. The van der Waals surface area contributed by atoms with Crippen LogP contribution in [0.4, 0.5) is 4.39 Å². The Hall–Kier alpha value is -3.49. The van der Waals surface area contributed by atoms with Crippen LogP contribution in [0.3, 0.4) is 0 Å². The number of rotatable bonds is 8. The molecule has 34 heavy (non-hydrogen) atoms. The normalized spacial score (nSPS) is 17.8. The van der Waals surface area contributed by atoms with Crippen molar-refractivity contribution in [1.29, 1.82) is 5.26 Å². The van der Waals surface area contributed by atoms with Gasteiger partial charge in [0.05, 0.1) is 12.0 Å². The Morgan fingerprint density at radius 3 is 2.18 bits per heavy atom. The number of aryl methyl sites for hydroxylation is 1. The zero-order chi connectivity index (χ0) is 23.9. The summed E-state index contributed by atoms with van der Waals surface area (Å²) >= 11 is 0. The van der Waals surface area contributed by atoms with E-state index in [1.165, 1.54) is 12.1 Å². The quantitative estimate of drug-likeness (QED) is 0.479. The molecule has 0 saturated carbocycles. The molecule has 1 saturated heterocycles. The fourth-order valence-electron chi connectivity index (χ4n) is 4.80. The van der Waals surface area contributed by atoms with Crippen LogP contribution in [-0.2, 0) is 11.2 Å². The molecule has 0 spiro atoms. The van der Waals surface area contributed by atoms with Crippen LogP contribution in [0, 0.1) is 17.1 Å². The number of amides is 1. The highest BCUT2D eigenvalue weighted by atomic mass is 19.1. The zero-order valence-electron chi connectivity index (χ0n) is 19.5. The average molecular weight is 456 g/mol. The number of halogens is 1. The van der Waals surface area contributed by atoms with E-state index >= 15 is 0 Å². The highest BCUT2D eigenvalue weighted by Gasteiger charge is 2.40. The van der Waals surface area contributed by atoms with Gasteiger partial charge < -0.3 is 9.80 Å². The van der Waals surface area contributed by atoms with Crippen molar-refractivity contribution in [2.45, 2.75) is 37.3 Å². The number of carbonyl (C=O) groups is 1. The molecule has 1 fully saturated rings. The highest BCUT2D eigenvalue weighted by molar-refractivity contribution is 5.88. The Bertz CT molecular complexity index is 1070. The third-order valence-electron chi connectivity index (χ3n) is 6.74. The van der Waals surface area contributed by atoms with Crippen LogP contribution >= 0.6 is 0 Å². The Morgan fingerprint density at radius 2 is 1.62 bits per heavy atom. The van der Waals surface area contributed by atoms with E-state index in [2.05, 4.69) is 18.0 Å². The first-order valence-electron chi connectivity index (χ1n) is 11.8. The second-order valence-electron chi connectivity index (χ2n) is 8.99. The summed E-state index contributed by atoms with van der Waals surface area (Å²) in [6.07, 6.45) is 2.44. The molecular formula is C29H30FN3O. The minimum absolute atomic E-state index is 0.0221. The van der Waals surface area contributed by atoms with Crippen molar-refractivity contribution in [2.24, 2.45) is 0 Å². The molecule has 1 aliphatic rings. The van der Waals surface area contributed by atoms with Crippen molar-refractivity contribution in [2.75, 3.05) is 20.1 Å². The van der Waals surface area contributed by atoms with Gasteiger partial charge in [0.1, 0.15) is 11.9 Å². The first-order valence-corrected chi connectivity index (χ1v) is 11.8. The van der Waals surface area contributed by atoms with E-state index in [1.807, 2.05) is 72.8 Å². The number of carbonyl (C=O) groups excluding carboxylic acids is 1. The van der Waals surface area contributed by atoms with Gasteiger partial charge in [-0.05, 0) is 61.7 Å². The molecule has 0 bridgehead atoms. The largest absolute Gasteiger partial charge is 0.324 e. The van der Waals surface area contributed by atoms with Crippen LogP contribution in [0.25, 0.3) is 0 Å². The SMILES string of the molecule is CN(CCCc1ccc(F)cc1)[C@@H]1C[C@H](C#N)N(C(=O)C(c2ccccc2)c2ccccc2)C1. The summed E-state index contributed by atoms with van der Waals surface area (Å²) in [7, 11) is 2.06. The summed E-state index contributed by atoms with van der Waals surface area (Å²) in [6.45, 7) is 1.39. The zero-order valence-corrected chi connectivity index (χ0v) is 19.5. The predicted molar refractivity (Wildman–Crippen MR) is 132 cm³/mol. The lowest BCUT2D eigenvalue weighted by atomic mass is 9.90. The molecule has 3 aromatic rings. The molecule has 5 heteroatoms. The van der Waals surface area contributed by atoms with Crippen LogP contribution in [0.2, 0.25) is 0 Å². The maximum absolute atomic E-state index is 13.8. The predicted octanol–water partition coefficient (Wildman–Crippen LogP) is 5.02. The Morgan fingerprint density at radius 1 is 1.03 bits per heavy atom. The molecule has 2 atom stereocenters. The summed E-state index contributed by atoms with van der Waals surface area (Å²) in [5.74, 6) is -0.671. The second-order valence-corrected chi connectivity index (χ2v) is 8.99. The van der Waals surface area contributed by atoms with Crippen molar-refractivity contribution in [1.82, 2.24) is 9.80 Å². The van der Waals surface area contributed by atoms with Crippen LogP contribution in [0.5, 0.6) is 0 Å². The second kappa shape index (κ2) is 11.1. The number of likely N-dealkylation sites (tertiary alicyclic amines) is 1. The molecule has 0 aliphatic carbocycles.